The number of phosphoric ester groups is 1. The Hall–Kier alpha value is -2.55. The number of carbonyl (C=O) groups excluding carboxylic acids is 2. The quantitative estimate of drug-likeness (QED) is 0.0212. The molecule has 0 aliphatic heterocycles. The summed E-state index contributed by atoms with van der Waals surface area (Å²) in [6, 6.07) is -0.903. The second-order valence-electron chi connectivity index (χ2n) is 23.6. The number of esters is 1. The lowest BCUT2D eigenvalue weighted by Crippen LogP contribution is -2.47. The highest BCUT2D eigenvalue weighted by Crippen LogP contribution is 2.38. The van der Waals surface area contributed by atoms with Crippen LogP contribution in [-0.2, 0) is 27.9 Å². The molecule has 0 aromatic rings. The minimum atomic E-state index is -4.71. The number of nitrogens with zero attached hydrogens (tertiary/aromatic N) is 1. The van der Waals surface area contributed by atoms with E-state index in [0.29, 0.717) is 23.9 Å². The summed E-state index contributed by atoms with van der Waals surface area (Å²) in [5.41, 5.74) is 0. The van der Waals surface area contributed by atoms with E-state index in [1.54, 1.807) is 0 Å². The summed E-state index contributed by atoms with van der Waals surface area (Å²) >= 11 is 0. The minimum absolute atomic E-state index is 0.0285. The number of hydrogen-bond donors (Lipinski definition) is 1. The number of hydrogen-bond acceptors (Lipinski definition) is 7. The summed E-state index contributed by atoms with van der Waals surface area (Å²) in [4.78, 5) is 40.1. The fourth-order valence-corrected chi connectivity index (χ4v) is 10.2. The van der Waals surface area contributed by atoms with Crippen molar-refractivity contribution < 1.29 is 37.3 Å². The van der Waals surface area contributed by atoms with Crippen molar-refractivity contribution >= 4 is 19.7 Å². The van der Waals surface area contributed by atoms with Gasteiger partial charge in [0.1, 0.15) is 19.3 Å². The van der Waals surface area contributed by atoms with Crippen LogP contribution in [0.25, 0.3) is 0 Å². The van der Waals surface area contributed by atoms with Crippen molar-refractivity contribution in [1.29, 1.82) is 0 Å². The zero-order valence-corrected chi connectivity index (χ0v) is 53.5. The molecule has 460 valence electrons. The van der Waals surface area contributed by atoms with Gasteiger partial charge in [0.25, 0.3) is 7.82 Å². The summed E-state index contributed by atoms with van der Waals surface area (Å²) in [6.07, 6.45) is 75.8. The van der Waals surface area contributed by atoms with Gasteiger partial charge in [-0.25, -0.2) is 0 Å². The van der Waals surface area contributed by atoms with E-state index in [2.05, 4.69) is 86.8 Å². The molecule has 0 aromatic carbocycles. The van der Waals surface area contributed by atoms with Gasteiger partial charge in [0.15, 0.2) is 0 Å². The molecule has 1 N–H and O–H groups in total. The van der Waals surface area contributed by atoms with Gasteiger partial charge in [-0.05, 0) is 102 Å². The molecule has 0 radical (unpaired) electrons. The minimum Gasteiger partial charge on any atom is -0.756 e. The van der Waals surface area contributed by atoms with Crippen LogP contribution in [0.5, 0.6) is 0 Å². The van der Waals surface area contributed by atoms with Gasteiger partial charge in [0.2, 0.25) is 5.91 Å². The average molecular weight is 1130 g/mol. The van der Waals surface area contributed by atoms with Gasteiger partial charge in [-0.3, -0.25) is 14.2 Å². The first-order chi connectivity index (χ1) is 38.4. The molecule has 0 spiro atoms. The summed E-state index contributed by atoms with van der Waals surface area (Å²) in [5, 5.41) is 3.02. The summed E-state index contributed by atoms with van der Waals surface area (Å²) in [6.45, 7) is 6.80. The number of quaternary nitrogens is 1. The Morgan fingerprint density at radius 2 is 0.772 bits per heavy atom. The Kier molecular flexibility index (Phi) is 56.7. The predicted molar refractivity (Wildman–Crippen MR) is 339 cm³/mol. The third-order valence-electron chi connectivity index (χ3n) is 14.6. The highest BCUT2D eigenvalue weighted by Gasteiger charge is 2.27. The fraction of sp³-hybridized carbons (Fsp3) is 0.797. The van der Waals surface area contributed by atoms with E-state index in [0.717, 1.165) is 83.5 Å². The molecule has 0 fully saturated rings. The van der Waals surface area contributed by atoms with Crippen molar-refractivity contribution in [3.63, 3.8) is 0 Å². The van der Waals surface area contributed by atoms with E-state index in [4.69, 9.17) is 13.8 Å². The molecular formula is C69H127N2O7P. The zero-order valence-electron chi connectivity index (χ0n) is 52.6. The van der Waals surface area contributed by atoms with Crippen LogP contribution < -0.4 is 10.2 Å². The van der Waals surface area contributed by atoms with E-state index in [9.17, 15) is 19.0 Å². The standard InChI is InChI=1S/C69H127N2O7P/c1-7-10-13-16-19-22-25-28-30-32-33-34-35-36-37-39-41-44-47-50-53-56-59-62-69(73)78-67(60-57-54-51-48-45-42-27-24-21-18-15-12-9-3)66(65-77-79(74,75)76-64-63-71(4,5)6)70-68(72)61-58-55-52-49-46-43-40-38-31-29-26-23-20-17-14-11-8-2/h19-20,22-23,28-31,40,43,57,60,66-67H,7-18,21,24-27,32-39,41-42,44-56,58-59,61-65H2,1-6H3,(H-,70,72,74,75)/b22-19-,23-20-,30-28-,31-29-,43-40-,60-57-. The number of likely N-dealkylation sites (N-methyl/N-ethyl adjacent to an activating group) is 1. The Bertz CT molecular complexity index is 1580. The number of ether oxygens (including phenoxy) is 1. The normalized spacial score (nSPS) is 14.1. The molecule has 0 aliphatic carbocycles. The van der Waals surface area contributed by atoms with Gasteiger partial charge in [-0.15, -0.1) is 0 Å². The van der Waals surface area contributed by atoms with Gasteiger partial charge in [-0.1, -0.05) is 261 Å². The van der Waals surface area contributed by atoms with Gasteiger partial charge in [0.05, 0.1) is 33.8 Å². The topological polar surface area (TPSA) is 114 Å². The molecule has 0 aliphatic rings. The number of phosphoric acid groups is 1. The van der Waals surface area contributed by atoms with Crippen LogP contribution in [0.1, 0.15) is 303 Å². The van der Waals surface area contributed by atoms with Crippen LogP contribution in [-0.4, -0.2) is 69.4 Å². The Labute approximate surface area is 489 Å². The van der Waals surface area contributed by atoms with Gasteiger partial charge < -0.3 is 28.5 Å². The highest BCUT2D eigenvalue weighted by atomic mass is 31.2. The zero-order chi connectivity index (χ0) is 57.9. The highest BCUT2D eigenvalue weighted by molar-refractivity contribution is 7.45. The molecule has 79 heavy (non-hydrogen) atoms. The number of allylic oxidation sites excluding steroid dienone is 11. The maximum absolute atomic E-state index is 13.5. The summed E-state index contributed by atoms with van der Waals surface area (Å²) in [7, 11) is 1.17. The number of unbranched alkanes of at least 4 members (excludes halogenated alkanes) is 34. The van der Waals surface area contributed by atoms with Gasteiger partial charge >= 0.3 is 5.97 Å². The van der Waals surface area contributed by atoms with Gasteiger partial charge in [0, 0.05) is 12.8 Å². The number of nitrogens with one attached hydrogen (secondary N) is 1. The second kappa shape index (κ2) is 58.6. The third-order valence-corrected chi connectivity index (χ3v) is 15.6. The van der Waals surface area contributed by atoms with E-state index < -0.39 is 26.6 Å². The van der Waals surface area contributed by atoms with E-state index in [1.165, 1.54) is 180 Å². The molecule has 3 atom stereocenters. The molecule has 0 saturated heterocycles. The van der Waals surface area contributed by atoms with Crippen LogP contribution in [0.4, 0.5) is 0 Å². The van der Waals surface area contributed by atoms with E-state index in [1.807, 2.05) is 33.3 Å². The molecule has 1 amide bonds. The van der Waals surface area contributed by atoms with E-state index >= 15 is 0 Å². The monoisotopic (exact) mass is 1130 g/mol. The first-order valence-electron chi connectivity index (χ1n) is 33.2. The molecule has 9 nitrogen and oxygen atoms in total. The molecule has 10 heteroatoms. The van der Waals surface area contributed by atoms with Crippen molar-refractivity contribution in [3.8, 4) is 0 Å². The average Bonchev–Trinajstić information content (AvgIpc) is 3.41. The van der Waals surface area contributed by atoms with Crippen LogP contribution in [0.2, 0.25) is 0 Å². The maximum atomic E-state index is 13.5. The first-order valence-corrected chi connectivity index (χ1v) is 34.7. The number of carbonyl (C=O) groups is 2. The Balaban J connectivity index is 5.20. The molecule has 0 saturated carbocycles. The fourth-order valence-electron chi connectivity index (χ4n) is 9.44. The number of amides is 1. The SMILES string of the molecule is CCCCC/C=C\C/C=C\C/C=C\CCCCCCC(=O)NC(COP(=O)([O-])OCC[N+](C)(C)C)C(/C=C\CCCCCCCCCCCCC)OC(=O)CCCCCCCCCCCCCCC/C=C\C/C=C\CCCCC. The van der Waals surface area contributed by atoms with Gasteiger partial charge in [-0.2, -0.15) is 0 Å². The van der Waals surface area contributed by atoms with Crippen molar-refractivity contribution in [2.75, 3.05) is 40.9 Å². The molecule has 3 unspecified atom stereocenters. The van der Waals surface area contributed by atoms with Crippen LogP contribution >= 0.6 is 7.82 Å². The molecule has 0 rings (SSSR count). The largest absolute Gasteiger partial charge is 0.756 e. The van der Waals surface area contributed by atoms with Crippen LogP contribution in [0, 0.1) is 0 Å². The molecular weight excluding hydrogens is 1000 g/mol. The molecule has 0 aromatic heterocycles. The Morgan fingerprint density at radius 3 is 1.18 bits per heavy atom. The predicted octanol–water partition coefficient (Wildman–Crippen LogP) is 20.2. The Morgan fingerprint density at radius 1 is 0.443 bits per heavy atom. The third kappa shape index (κ3) is 59.9. The van der Waals surface area contributed by atoms with Crippen molar-refractivity contribution in [2.24, 2.45) is 0 Å². The molecule has 0 heterocycles. The van der Waals surface area contributed by atoms with E-state index in [-0.39, 0.29) is 24.9 Å². The lowest BCUT2D eigenvalue weighted by molar-refractivity contribution is -0.870. The van der Waals surface area contributed by atoms with Crippen molar-refractivity contribution in [1.82, 2.24) is 5.32 Å². The molecule has 0 bridgehead atoms. The maximum Gasteiger partial charge on any atom is 0.306 e. The van der Waals surface area contributed by atoms with Crippen molar-refractivity contribution in [2.45, 2.75) is 315 Å². The first kappa shape index (κ1) is 76.5. The number of rotatable bonds is 60. The smallest absolute Gasteiger partial charge is 0.306 e. The van der Waals surface area contributed by atoms with Crippen molar-refractivity contribution in [3.05, 3.63) is 72.9 Å². The second-order valence-corrected chi connectivity index (χ2v) is 25.0. The lowest BCUT2D eigenvalue weighted by Gasteiger charge is -2.30. The lowest BCUT2D eigenvalue weighted by atomic mass is 10.0. The van der Waals surface area contributed by atoms with Crippen LogP contribution in [0.15, 0.2) is 72.9 Å². The summed E-state index contributed by atoms with van der Waals surface area (Å²) in [5.74, 6) is -0.561. The van der Waals surface area contributed by atoms with Crippen LogP contribution in [0.3, 0.4) is 0 Å². The summed E-state index contributed by atoms with van der Waals surface area (Å²) < 4.78 is 30.4.